The maximum absolute atomic E-state index is 11.8. The van der Waals surface area contributed by atoms with Gasteiger partial charge in [0.25, 0.3) is 5.91 Å². The Labute approximate surface area is 118 Å². The summed E-state index contributed by atoms with van der Waals surface area (Å²) in [6.07, 6.45) is 1.97. The number of amides is 1. The van der Waals surface area contributed by atoms with Crippen molar-refractivity contribution >= 4 is 11.7 Å². The van der Waals surface area contributed by atoms with Crippen molar-refractivity contribution in [1.82, 2.24) is 5.32 Å². The molecule has 1 atom stereocenters. The third-order valence-corrected chi connectivity index (χ3v) is 3.16. The number of nitrogens with one attached hydrogen (secondary N) is 1. The fourth-order valence-corrected chi connectivity index (χ4v) is 2.05. The second-order valence-electron chi connectivity index (χ2n) is 5.23. The minimum atomic E-state index is -0.497. The number of carbonyl (C=O) groups is 2. The van der Waals surface area contributed by atoms with E-state index in [1.54, 1.807) is 0 Å². The van der Waals surface area contributed by atoms with Crippen LogP contribution in [0.15, 0.2) is 42.3 Å². The minimum Gasteiger partial charge on any atom is -0.465 e. The monoisotopic (exact) mass is 273 g/mol. The van der Waals surface area contributed by atoms with Crippen LogP contribution in [0.25, 0.3) is 0 Å². The number of ether oxygens (including phenoxy) is 1. The lowest BCUT2D eigenvalue weighted by atomic mass is 10.1. The highest BCUT2D eigenvalue weighted by molar-refractivity contribution is 5.92. The summed E-state index contributed by atoms with van der Waals surface area (Å²) >= 11 is 0. The molecule has 1 amide bonds. The van der Waals surface area contributed by atoms with Crippen LogP contribution in [0, 0.1) is 5.92 Å². The average molecular weight is 273 g/mol. The van der Waals surface area contributed by atoms with Crippen molar-refractivity contribution in [1.29, 1.82) is 0 Å². The molecule has 1 heterocycles. The molecule has 0 saturated carbocycles. The van der Waals surface area contributed by atoms with E-state index >= 15 is 0 Å². The number of hydrogen-bond donors (Lipinski definition) is 1. The molecular formula is C16H19NO3. The Morgan fingerprint density at radius 2 is 2.05 bits per heavy atom. The predicted octanol–water partition coefficient (Wildman–Crippen LogP) is 2.20. The fraction of sp³-hybridized carbons (Fsp3) is 0.375. The standard InChI is InChI=1S/C16H19NO3/c1-11(2)15-16(19)17-14(20-15)10-13(18)9-8-12-6-4-3-5-7-12/h3-7,10-11,15H,8-9H2,1-2H3,(H,17,19)/b14-10+/t15-/m0/s1. The fourth-order valence-electron chi connectivity index (χ4n) is 2.05. The molecule has 0 aromatic heterocycles. The van der Waals surface area contributed by atoms with Crippen molar-refractivity contribution in [3.8, 4) is 0 Å². The van der Waals surface area contributed by atoms with E-state index < -0.39 is 6.10 Å². The topological polar surface area (TPSA) is 55.4 Å². The SMILES string of the molecule is CC(C)[C@@H]1O/C(=C/C(=O)CCc2ccccc2)NC1=O. The number of carbonyl (C=O) groups excluding carboxylic acids is 2. The third-order valence-electron chi connectivity index (χ3n) is 3.16. The Morgan fingerprint density at radius 1 is 1.35 bits per heavy atom. The van der Waals surface area contributed by atoms with Crippen LogP contribution in [0.4, 0.5) is 0 Å². The Balaban J connectivity index is 1.88. The summed E-state index contributed by atoms with van der Waals surface area (Å²) in [4.78, 5) is 23.4. The molecule has 0 radical (unpaired) electrons. The summed E-state index contributed by atoms with van der Waals surface area (Å²) in [5.74, 6) is 0.128. The summed E-state index contributed by atoms with van der Waals surface area (Å²) in [6.45, 7) is 3.81. The molecule has 1 aromatic carbocycles. The molecule has 1 aromatic rings. The van der Waals surface area contributed by atoms with E-state index in [1.165, 1.54) is 6.08 Å². The summed E-state index contributed by atoms with van der Waals surface area (Å²) < 4.78 is 5.44. The van der Waals surface area contributed by atoms with E-state index in [4.69, 9.17) is 4.74 Å². The molecule has 1 aliphatic rings. The zero-order valence-electron chi connectivity index (χ0n) is 11.8. The van der Waals surface area contributed by atoms with Gasteiger partial charge in [-0.15, -0.1) is 0 Å². The van der Waals surface area contributed by atoms with Crippen molar-refractivity contribution in [3.63, 3.8) is 0 Å². The molecule has 106 valence electrons. The van der Waals surface area contributed by atoms with E-state index in [-0.39, 0.29) is 23.5 Å². The molecule has 1 fully saturated rings. The maximum atomic E-state index is 11.8. The van der Waals surface area contributed by atoms with Crippen LogP contribution < -0.4 is 5.32 Å². The Bertz CT molecular complexity index is 520. The largest absolute Gasteiger partial charge is 0.465 e. The summed E-state index contributed by atoms with van der Waals surface area (Å²) in [6, 6.07) is 9.82. The summed E-state index contributed by atoms with van der Waals surface area (Å²) in [5, 5.41) is 2.59. The second-order valence-corrected chi connectivity index (χ2v) is 5.23. The second kappa shape index (κ2) is 6.37. The minimum absolute atomic E-state index is 0.0476. The molecule has 0 spiro atoms. The van der Waals surface area contributed by atoms with Crippen molar-refractivity contribution in [3.05, 3.63) is 47.9 Å². The molecular weight excluding hydrogens is 254 g/mol. The third kappa shape index (κ3) is 3.70. The van der Waals surface area contributed by atoms with Crippen LogP contribution in [-0.2, 0) is 20.7 Å². The van der Waals surface area contributed by atoms with E-state index in [9.17, 15) is 9.59 Å². The van der Waals surface area contributed by atoms with Crippen molar-refractivity contribution in [2.45, 2.75) is 32.8 Å². The zero-order chi connectivity index (χ0) is 14.5. The number of hydrogen-bond acceptors (Lipinski definition) is 3. The van der Waals surface area contributed by atoms with Gasteiger partial charge < -0.3 is 4.74 Å². The number of benzene rings is 1. The van der Waals surface area contributed by atoms with Gasteiger partial charge >= 0.3 is 0 Å². The molecule has 20 heavy (non-hydrogen) atoms. The first kappa shape index (κ1) is 14.3. The van der Waals surface area contributed by atoms with Gasteiger partial charge in [0.05, 0.1) is 0 Å². The highest BCUT2D eigenvalue weighted by Crippen LogP contribution is 2.17. The Kier molecular flexibility index (Phi) is 4.56. The molecule has 4 nitrogen and oxygen atoms in total. The van der Waals surface area contributed by atoms with Crippen LogP contribution in [0.3, 0.4) is 0 Å². The van der Waals surface area contributed by atoms with E-state index in [1.807, 2.05) is 44.2 Å². The first-order valence-corrected chi connectivity index (χ1v) is 6.82. The van der Waals surface area contributed by atoms with Crippen molar-refractivity contribution in [2.75, 3.05) is 0 Å². The molecule has 1 N–H and O–H groups in total. The molecule has 2 rings (SSSR count). The van der Waals surface area contributed by atoms with E-state index in [0.29, 0.717) is 12.8 Å². The average Bonchev–Trinajstić information content (AvgIpc) is 2.78. The van der Waals surface area contributed by atoms with Gasteiger partial charge in [0.1, 0.15) is 0 Å². The van der Waals surface area contributed by atoms with E-state index in [0.717, 1.165) is 5.56 Å². The lowest BCUT2D eigenvalue weighted by Crippen LogP contribution is -2.27. The molecule has 0 aliphatic carbocycles. The lowest BCUT2D eigenvalue weighted by Gasteiger charge is -2.10. The van der Waals surface area contributed by atoms with Crippen LogP contribution in [0.1, 0.15) is 25.8 Å². The highest BCUT2D eigenvalue weighted by atomic mass is 16.5. The number of allylic oxidation sites excluding steroid dienone is 1. The Morgan fingerprint density at radius 3 is 2.65 bits per heavy atom. The molecule has 0 unspecified atom stereocenters. The Hall–Kier alpha value is -2.10. The molecule has 4 heteroatoms. The first-order chi connectivity index (χ1) is 9.56. The van der Waals surface area contributed by atoms with Crippen molar-refractivity contribution < 1.29 is 14.3 Å². The number of rotatable bonds is 5. The van der Waals surface area contributed by atoms with Crippen LogP contribution in [0.2, 0.25) is 0 Å². The summed E-state index contributed by atoms with van der Waals surface area (Å²) in [7, 11) is 0. The zero-order valence-corrected chi connectivity index (χ0v) is 11.8. The highest BCUT2D eigenvalue weighted by Gasteiger charge is 2.32. The van der Waals surface area contributed by atoms with Gasteiger partial charge in [0.15, 0.2) is 17.8 Å². The van der Waals surface area contributed by atoms with Gasteiger partial charge in [-0.2, -0.15) is 0 Å². The van der Waals surface area contributed by atoms with Gasteiger partial charge in [-0.05, 0) is 17.9 Å². The van der Waals surface area contributed by atoms with Gasteiger partial charge in [-0.1, -0.05) is 44.2 Å². The quantitative estimate of drug-likeness (QED) is 0.837. The van der Waals surface area contributed by atoms with Crippen LogP contribution in [0.5, 0.6) is 0 Å². The first-order valence-electron chi connectivity index (χ1n) is 6.82. The maximum Gasteiger partial charge on any atom is 0.268 e. The van der Waals surface area contributed by atoms with Gasteiger partial charge in [-0.25, -0.2) is 0 Å². The van der Waals surface area contributed by atoms with Crippen LogP contribution >= 0.6 is 0 Å². The molecule has 1 aliphatic heterocycles. The normalized spacial score (nSPS) is 20.1. The van der Waals surface area contributed by atoms with Crippen LogP contribution in [-0.4, -0.2) is 17.8 Å². The predicted molar refractivity (Wildman–Crippen MR) is 75.7 cm³/mol. The number of ketones is 1. The van der Waals surface area contributed by atoms with Gasteiger partial charge in [-0.3, -0.25) is 14.9 Å². The van der Waals surface area contributed by atoms with E-state index in [2.05, 4.69) is 5.32 Å². The lowest BCUT2D eigenvalue weighted by molar-refractivity contribution is -0.125. The summed E-state index contributed by atoms with van der Waals surface area (Å²) in [5.41, 5.74) is 1.12. The molecule has 0 bridgehead atoms. The number of aryl methyl sites for hydroxylation is 1. The smallest absolute Gasteiger partial charge is 0.268 e. The van der Waals surface area contributed by atoms with Gasteiger partial charge in [0, 0.05) is 12.5 Å². The van der Waals surface area contributed by atoms with Gasteiger partial charge in [0.2, 0.25) is 0 Å². The molecule has 1 saturated heterocycles. The van der Waals surface area contributed by atoms with Crippen molar-refractivity contribution in [2.24, 2.45) is 5.92 Å².